The Balaban J connectivity index is 1.99. The minimum absolute atomic E-state index is 0.0142. The van der Waals surface area contributed by atoms with E-state index in [0.29, 0.717) is 34.6 Å². The third-order valence-corrected chi connectivity index (χ3v) is 6.21. The fraction of sp³-hybridized carbons (Fsp3) is 0.348. The molecular formula is C23H26N2O3S. The van der Waals surface area contributed by atoms with Crippen LogP contribution in [0.3, 0.4) is 0 Å². The zero-order chi connectivity index (χ0) is 21.1. The van der Waals surface area contributed by atoms with Crippen LogP contribution in [0.4, 0.5) is 0 Å². The van der Waals surface area contributed by atoms with Gasteiger partial charge in [0.2, 0.25) is 0 Å². The first kappa shape index (κ1) is 21.3. The number of Topliss-reactive ketones (excluding diaryl/α,β-unsaturated/α-hetero) is 1. The van der Waals surface area contributed by atoms with Gasteiger partial charge < -0.3 is 5.11 Å². The van der Waals surface area contributed by atoms with Gasteiger partial charge in [-0.2, -0.15) is 0 Å². The molecule has 0 spiro atoms. The Morgan fingerprint density at radius 3 is 2.55 bits per heavy atom. The first-order valence-electron chi connectivity index (χ1n) is 9.72. The van der Waals surface area contributed by atoms with E-state index < -0.39 is 5.25 Å². The lowest BCUT2D eigenvalue weighted by Gasteiger charge is -2.17. The third kappa shape index (κ3) is 4.43. The molecule has 1 heterocycles. The molecule has 6 heteroatoms. The van der Waals surface area contributed by atoms with Crippen molar-refractivity contribution < 1.29 is 9.90 Å². The lowest BCUT2D eigenvalue weighted by atomic mass is 9.97. The van der Waals surface area contributed by atoms with Crippen LogP contribution in [0.15, 0.2) is 46.3 Å². The predicted molar refractivity (Wildman–Crippen MR) is 118 cm³/mol. The zero-order valence-electron chi connectivity index (χ0n) is 17.2. The lowest BCUT2D eigenvalue weighted by Crippen LogP contribution is -2.25. The van der Waals surface area contributed by atoms with E-state index in [9.17, 15) is 14.7 Å². The zero-order valence-corrected chi connectivity index (χ0v) is 18.0. The van der Waals surface area contributed by atoms with E-state index in [1.54, 1.807) is 16.7 Å². The van der Waals surface area contributed by atoms with Crippen molar-refractivity contribution in [1.82, 2.24) is 9.55 Å². The van der Waals surface area contributed by atoms with Crippen LogP contribution in [0.2, 0.25) is 0 Å². The Morgan fingerprint density at radius 2 is 1.83 bits per heavy atom. The molecule has 0 saturated carbocycles. The second-order valence-electron chi connectivity index (χ2n) is 7.32. The van der Waals surface area contributed by atoms with Crippen molar-refractivity contribution in [3.8, 4) is 0 Å². The van der Waals surface area contributed by atoms with Crippen LogP contribution < -0.4 is 5.56 Å². The number of carbonyl (C=O) groups excluding carboxylic acids is 1. The Labute approximate surface area is 174 Å². The summed E-state index contributed by atoms with van der Waals surface area (Å²) in [5, 5.41) is 9.87. The van der Waals surface area contributed by atoms with Gasteiger partial charge in [-0.15, -0.1) is 0 Å². The van der Waals surface area contributed by atoms with E-state index >= 15 is 0 Å². The molecule has 152 valence electrons. The van der Waals surface area contributed by atoms with Crippen molar-refractivity contribution in [1.29, 1.82) is 0 Å². The number of aliphatic hydroxyl groups is 1. The minimum atomic E-state index is -0.399. The van der Waals surface area contributed by atoms with Gasteiger partial charge in [-0.3, -0.25) is 14.2 Å². The molecule has 0 saturated heterocycles. The Kier molecular flexibility index (Phi) is 6.55. The van der Waals surface area contributed by atoms with Crippen LogP contribution in [0, 0.1) is 20.8 Å². The number of aliphatic hydroxyl groups excluding tert-OH is 1. The van der Waals surface area contributed by atoms with Gasteiger partial charge in [-0.1, -0.05) is 30.0 Å². The van der Waals surface area contributed by atoms with Gasteiger partial charge in [0, 0.05) is 18.7 Å². The van der Waals surface area contributed by atoms with Gasteiger partial charge in [-0.25, -0.2) is 4.98 Å². The molecular weight excluding hydrogens is 384 g/mol. The number of fused-ring (bicyclic) bond motifs is 1. The third-order valence-electron chi connectivity index (χ3n) is 5.12. The molecule has 0 radical (unpaired) electrons. The SMILES string of the molecule is Cc1cc(C)c(C(=O)C(C)Sc2nc3ccccc3c(=O)n2CCCO)cc1C. The average Bonchev–Trinajstić information content (AvgIpc) is 2.70. The fourth-order valence-corrected chi connectivity index (χ4v) is 4.32. The number of ketones is 1. The Hall–Kier alpha value is -2.44. The van der Waals surface area contributed by atoms with Crippen molar-refractivity contribution >= 4 is 28.4 Å². The molecule has 1 N–H and O–H groups in total. The van der Waals surface area contributed by atoms with Crippen molar-refractivity contribution in [2.45, 2.75) is 51.1 Å². The van der Waals surface area contributed by atoms with Gasteiger partial charge in [0.15, 0.2) is 10.9 Å². The summed E-state index contributed by atoms with van der Waals surface area (Å²) in [7, 11) is 0. The van der Waals surface area contributed by atoms with Crippen molar-refractivity contribution in [3.63, 3.8) is 0 Å². The highest BCUT2D eigenvalue weighted by Crippen LogP contribution is 2.27. The molecule has 3 rings (SSSR count). The molecule has 29 heavy (non-hydrogen) atoms. The summed E-state index contributed by atoms with van der Waals surface area (Å²) in [5.74, 6) is 0.0201. The minimum Gasteiger partial charge on any atom is -0.396 e. The van der Waals surface area contributed by atoms with Crippen LogP contribution >= 0.6 is 11.8 Å². The number of aromatic nitrogens is 2. The summed E-state index contributed by atoms with van der Waals surface area (Å²) >= 11 is 1.29. The number of rotatable bonds is 7. The second kappa shape index (κ2) is 8.93. The summed E-state index contributed by atoms with van der Waals surface area (Å²) in [6.45, 7) is 8.18. The van der Waals surface area contributed by atoms with Crippen molar-refractivity contribution in [3.05, 3.63) is 69.0 Å². The first-order chi connectivity index (χ1) is 13.8. The highest BCUT2D eigenvalue weighted by atomic mass is 32.2. The topological polar surface area (TPSA) is 72.2 Å². The van der Waals surface area contributed by atoms with Crippen molar-refractivity contribution in [2.75, 3.05) is 6.61 Å². The fourth-order valence-electron chi connectivity index (χ4n) is 3.32. The number of carbonyl (C=O) groups is 1. The molecule has 2 aromatic carbocycles. The Bertz CT molecular complexity index is 1120. The van der Waals surface area contributed by atoms with Crippen LogP contribution in [-0.4, -0.2) is 32.3 Å². The molecule has 5 nitrogen and oxygen atoms in total. The monoisotopic (exact) mass is 410 g/mol. The molecule has 0 amide bonds. The number of hydrogen-bond donors (Lipinski definition) is 1. The van der Waals surface area contributed by atoms with E-state index in [0.717, 1.165) is 16.7 Å². The van der Waals surface area contributed by atoms with E-state index in [2.05, 4.69) is 4.98 Å². The van der Waals surface area contributed by atoms with Gasteiger partial charge in [-0.05, 0) is 69.0 Å². The molecule has 0 aliphatic carbocycles. The van der Waals surface area contributed by atoms with Crippen LogP contribution in [0.25, 0.3) is 10.9 Å². The number of thioether (sulfide) groups is 1. The molecule has 3 aromatic rings. The highest BCUT2D eigenvalue weighted by molar-refractivity contribution is 8.00. The molecule has 0 fully saturated rings. The van der Waals surface area contributed by atoms with Crippen LogP contribution in [0.1, 0.15) is 40.4 Å². The summed E-state index contributed by atoms with van der Waals surface area (Å²) in [6.07, 6.45) is 0.450. The van der Waals surface area contributed by atoms with Gasteiger partial charge in [0.05, 0.1) is 16.2 Å². The first-order valence-corrected chi connectivity index (χ1v) is 10.6. The van der Waals surface area contributed by atoms with E-state index in [4.69, 9.17) is 0 Å². The summed E-state index contributed by atoms with van der Waals surface area (Å²) < 4.78 is 1.57. The molecule has 1 aromatic heterocycles. The number of aryl methyl sites for hydroxylation is 3. The largest absolute Gasteiger partial charge is 0.396 e. The quantitative estimate of drug-likeness (QED) is 0.361. The van der Waals surface area contributed by atoms with Crippen LogP contribution in [-0.2, 0) is 6.54 Å². The molecule has 0 bridgehead atoms. The maximum atomic E-state index is 13.1. The number of nitrogens with zero attached hydrogens (tertiary/aromatic N) is 2. The number of para-hydroxylation sites is 1. The van der Waals surface area contributed by atoms with Gasteiger partial charge in [0.25, 0.3) is 5.56 Å². The molecule has 1 unspecified atom stereocenters. The number of benzene rings is 2. The van der Waals surface area contributed by atoms with E-state index in [-0.39, 0.29) is 17.9 Å². The van der Waals surface area contributed by atoms with E-state index in [1.165, 1.54) is 11.8 Å². The molecule has 0 aliphatic heterocycles. The highest BCUT2D eigenvalue weighted by Gasteiger charge is 2.22. The normalized spacial score (nSPS) is 12.3. The summed E-state index contributed by atoms with van der Waals surface area (Å²) in [4.78, 5) is 30.7. The maximum absolute atomic E-state index is 13.1. The van der Waals surface area contributed by atoms with E-state index in [1.807, 2.05) is 52.0 Å². The summed E-state index contributed by atoms with van der Waals surface area (Å²) in [5.41, 5.74) is 4.37. The Morgan fingerprint density at radius 1 is 1.14 bits per heavy atom. The second-order valence-corrected chi connectivity index (χ2v) is 8.63. The van der Waals surface area contributed by atoms with Gasteiger partial charge in [0.1, 0.15) is 0 Å². The van der Waals surface area contributed by atoms with Crippen molar-refractivity contribution in [2.24, 2.45) is 0 Å². The standard InChI is InChI=1S/C23H26N2O3S/c1-14-12-16(3)19(13-15(14)2)21(27)17(4)29-23-24-20-9-6-5-8-18(20)22(28)25(23)10-7-11-26/h5-6,8-9,12-13,17,26H,7,10-11H2,1-4H3. The molecule has 1 atom stereocenters. The maximum Gasteiger partial charge on any atom is 0.262 e. The predicted octanol–water partition coefficient (Wildman–Crippen LogP) is 4.07. The smallest absolute Gasteiger partial charge is 0.262 e. The van der Waals surface area contributed by atoms with Gasteiger partial charge >= 0.3 is 0 Å². The average molecular weight is 411 g/mol. The molecule has 0 aliphatic rings. The summed E-state index contributed by atoms with van der Waals surface area (Å²) in [6, 6.07) is 11.2. The van der Waals surface area contributed by atoms with Crippen LogP contribution in [0.5, 0.6) is 0 Å². The number of hydrogen-bond acceptors (Lipinski definition) is 5. The lowest BCUT2D eigenvalue weighted by molar-refractivity contribution is 0.0993.